The third-order valence-corrected chi connectivity index (χ3v) is 3.99. The number of hydrogen-bond donors (Lipinski definition) is 2. The second-order valence-electron chi connectivity index (χ2n) is 6.88. The van der Waals surface area contributed by atoms with Crippen LogP contribution in [0.1, 0.15) is 46.1 Å². The molecule has 0 heterocycles. The summed E-state index contributed by atoms with van der Waals surface area (Å²) in [5, 5.41) is 3.07. The molecule has 124 valence electrons. The van der Waals surface area contributed by atoms with E-state index in [-0.39, 0.29) is 23.2 Å². The van der Waals surface area contributed by atoms with Gasteiger partial charge in [-0.2, -0.15) is 0 Å². The molecule has 0 aliphatic rings. The van der Waals surface area contributed by atoms with Gasteiger partial charge in [0.1, 0.15) is 5.82 Å². The van der Waals surface area contributed by atoms with E-state index >= 15 is 0 Å². The van der Waals surface area contributed by atoms with Crippen molar-refractivity contribution in [1.82, 2.24) is 5.32 Å². The molecular weight excluding hydrogens is 279 g/mol. The van der Waals surface area contributed by atoms with Gasteiger partial charge in [-0.05, 0) is 43.7 Å². The van der Waals surface area contributed by atoms with Crippen LogP contribution in [-0.4, -0.2) is 18.0 Å². The normalized spacial score (nSPS) is 15.4. The van der Waals surface area contributed by atoms with E-state index in [1.165, 1.54) is 6.07 Å². The summed E-state index contributed by atoms with van der Waals surface area (Å²) in [6.45, 7) is 8.50. The first-order chi connectivity index (χ1) is 10.3. The minimum Gasteiger partial charge on any atom is -0.349 e. The van der Waals surface area contributed by atoms with Gasteiger partial charge in [-0.15, -0.1) is 0 Å². The lowest BCUT2D eigenvalue weighted by atomic mass is 9.89. The third kappa shape index (κ3) is 5.76. The highest BCUT2D eigenvalue weighted by Crippen LogP contribution is 2.18. The minimum absolute atomic E-state index is 0.00932. The van der Waals surface area contributed by atoms with Crippen molar-refractivity contribution in [2.75, 3.05) is 6.54 Å². The van der Waals surface area contributed by atoms with Crippen molar-refractivity contribution in [2.24, 2.45) is 17.6 Å². The molecule has 2 unspecified atom stereocenters. The number of nitrogens with two attached hydrogens (primary N) is 1. The molecule has 2 atom stereocenters. The predicted molar refractivity (Wildman–Crippen MR) is 88.9 cm³/mol. The molecule has 0 aromatic heterocycles. The summed E-state index contributed by atoms with van der Waals surface area (Å²) >= 11 is 0. The topological polar surface area (TPSA) is 55.1 Å². The molecule has 22 heavy (non-hydrogen) atoms. The first kappa shape index (κ1) is 18.6. The molecule has 0 aliphatic heterocycles. The van der Waals surface area contributed by atoms with Crippen LogP contribution in [0, 0.1) is 17.7 Å². The van der Waals surface area contributed by atoms with Crippen molar-refractivity contribution < 1.29 is 9.18 Å². The van der Waals surface area contributed by atoms with Gasteiger partial charge in [0, 0.05) is 18.0 Å². The van der Waals surface area contributed by atoms with Crippen molar-refractivity contribution in [2.45, 2.75) is 52.5 Å². The molecule has 4 heteroatoms. The Morgan fingerprint density at radius 1 is 1.32 bits per heavy atom. The molecule has 3 N–H and O–H groups in total. The summed E-state index contributed by atoms with van der Waals surface area (Å²) in [5.74, 6) is 0.0758. The summed E-state index contributed by atoms with van der Waals surface area (Å²) in [4.78, 5) is 12.3. The number of hydrogen-bond acceptors (Lipinski definition) is 2. The van der Waals surface area contributed by atoms with Crippen molar-refractivity contribution in [3.05, 3.63) is 35.6 Å². The van der Waals surface area contributed by atoms with Crippen LogP contribution in [0.2, 0.25) is 0 Å². The number of benzene rings is 1. The molecule has 1 aromatic rings. The van der Waals surface area contributed by atoms with E-state index in [2.05, 4.69) is 19.2 Å². The van der Waals surface area contributed by atoms with Crippen LogP contribution in [0.25, 0.3) is 0 Å². The number of carbonyl (C=O) groups is 1. The monoisotopic (exact) mass is 308 g/mol. The van der Waals surface area contributed by atoms with Gasteiger partial charge in [0.2, 0.25) is 5.91 Å². The van der Waals surface area contributed by atoms with E-state index in [0.29, 0.717) is 30.9 Å². The van der Waals surface area contributed by atoms with Crippen LogP contribution in [0.4, 0.5) is 4.39 Å². The molecule has 3 nitrogen and oxygen atoms in total. The van der Waals surface area contributed by atoms with Crippen LogP contribution in [0.15, 0.2) is 24.3 Å². The second kappa shape index (κ2) is 8.28. The number of amides is 1. The maximum Gasteiger partial charge on any atom is 0.223 e. The largest absolute Gasteiger partial charge is 0.349 e. The van der Waals surface area contributed by atoms with E-state index in [9.17, 15) is 9.18 Å². The lowest BCUT2D eigenvalue weighted by molar-refractivity contribution is -0.126. The molecule has 0 spiro atoms. The molecule has 0 radical (unpaired) electrons. The highest BCUT2D eigenvalue weighted by atomic mass is 19.1. The Balaban J connectivity index is 2.56. The Hall–Kier alpha value is -1.42. The summed E-state index contributed by atoms with van der Waals surface area (Å²) in [6, 6.07) is 6.71. The highest BCUT2D eigenvalue weighted by molar-refractivity contribution is 5.79. The lowest BCUT2D eigenvalue weighted by Crippen LogP contribution is -2.53. The van der Waals surface area contributed by atoms with E-state index in [1.807, 2.05) is 19.9 Å². The molecule has 0 fully saturated rings. The Labute approximate surface area is 133 Å². The van der Waals surface area contributed by atoms with E-state index in [4.69, 9.17) is 5.73 Å². The van der Waals surface area contributed by atoms with Gasteiger partial charge in [0.15, 0.2) is 0 Å². The molecule has 1 rings (SSSR count). The zero-order chi connectivity index (χ0) is 16.8. The van der Waals surface area contributed by atoms with E-state index < -0.39 is 0 Å². The number of nitrogens with one attached hydrogen (secondary N) is 1. The second-order valence-corrected chi connectivity index (χ2v) is 6.88. The zero-order valence-corrected chi connectivity index (χ0v) is 14.2. The first-order valence-corrected chi connectivity index (χ1v) is 8.03. The van der Waals surface area contributed by atoms with Gasteiger partial charge in [-0.3, -0.25) is 4.79 Å². The average Bonchev–Trinajstić information content (AvgIpc) is 2.45. The van der Waals surface area contributed by atoms with Gasteiger partial charge < -0.3 is 11.1 Å². The number of halogens is 1. The summed E-state index contributed by atoms with van der Waals surface area (Å²) in [5.41, 5.74) is 6.11. The molecule has 0 saturated heterocycles. The fourth-order valence-corrected chi connectivity index (χ4v) is 2.71. The SMILES string of the molecule is CC(C)CC(C)(CN)NC(=O)C(C)CCc1ccccc1F. The van der Waals surface area contributed by atoms with Crippen LogP contribution in [0.3, 0.4) is 0 Å². The average molecular weight is 308 g/mol. The first-order valence-electron chi connectivity index (χ1n) is 8.03. The van der Waals surface area contributed by atoms with Gasteiger partial charge in [0.05, 0.1) is 0 Å². The Bertz CT molecular complexity index is 490. The fourth-order valence-electron chi connectivity index (χ4n) is 2.71. The van der Waals surface area contributed by atoms with Crippen LogP contribution >= 0.6 is 0 Å². The zero-order valence-electron chi connectivity index (χ0n) is 14.2. The standard InChI is InChI=1S/C18H29FN2O/c1-13(2)11-18(4,12-20)21-17(22)14(3)9-10-15-7-5-6-8-16(15)19/h5-8,13-14H,9-12,20H2,1-4H3,(H,21,22). The van der Waals surface area contributed by atoms with Crippen molar-refractivity contribution in [3.63, 3.8) is 0 Å². The number of aryl methyl sites for hydroxylation is 1. The maximum atomic E-state index is 13.6. The van der Waals surface area contributed by atoms with Crippen LogP contribution in [0.5, 0.6) is 0 Å². The predicted octanol–water partition coefficient (Wildman–Crippen LogP) is 3.27. The molecular formula is C18H29FN2O. The summed E-state index contributed by atoms with van der Waals surface area (Å²) < 4.78 is 13.6. The summed E-state index contributed by atoms with van der Waals surface area (Å²) in [6.07, 6.45) is 2.02. The van der Waals surface area contributed by atoms with Crippen molar-refractivity contribution >= 4 is 5.91 Å². The van der Waals surface area contributed by atoms with Crippen LogP contribution in [-0.2, 0) is 11.2 Å². The van der Waals surface area contributed by atoms with E-state index in [0.717, 1.165) is 6.42 Å². The molecule has 1 aromatic carbocycles. The molecule has 0 bridgehead atoms. The van der Waals surface area contributed by atoms with Crippen molar-refractivity contribution in [3.8, 4) is 0 Å². The highest BCUT2D eigenvalue weighted by Gasteiger charge is 2.27. The van der Waals surface area contributed by atoms with Gasteiger partial charge >= 0.3 is 0 Å². The quantitative estimate of drug-likeness (QED) is 0.774. The van der Waals surface area contributed by atoms with Crippen LogP contribution < -0.4 is 11.1 Å². The third-order valence-electron chi connectivity index (χ3n) is 3.99. The summed E-state index contributed by atoms with van der Waals surface area (Å²) in [7, 11) is 0. The lowest BCUT2D eigenvalue weighted by Gasteiger charge is -2.32. The Morgan fingerprint density at radius 2 is 1.95 bits per heavy atom. The smallest absolute Gasteiger partial charge is 0.223 e. The minimum atomic E-state index is -0.377. The Kier molecular flexibility index (Phi) is 7.01. The fraction of sp³-hybridized carbons (Fsp3) is 0.611. The number of rotatable bonds is 8. The van der Waals surface area contributed by atoms with Gasteiger partial charge in [-0.1, -0.05) is 39.0 Å². The van der Waals surface area contributed by atoms with Gasteiger partial charge in [-0.25, -0.2) is 4.39 Å². The Morgan fingerprint density at radius 3 is 2.50 bits per heavy atom. The maximum absolute atomic E-state index is 13.6. The number of carbonyl (C=O) groups excluding carboxylic acids is 1. The van der Waals surface area contributed by atoms with Crippen molar-refractivity contribution in [1.29, 1.82) is 0 Å². The van der Waals surface area contributed by atoms with E-state index in [1.54, 1.807) is 12.1 Å². The molecule has 1 amide bonds. The molecule has 0 saturated carbocycles. The molecule has 0 aliphatic carbocycles. The van der Waals surface area contributed by atoms with Gasteiger partial charge in [0.25, 0.3) is 0 Å².